The zero-order valence-electron chi connectivity index (χ0n) is 6.94. The average molecular weight is 143 g/mol. The number of esters is 1. The van der Waals surface area contributed by atoms with Gasteiger partial charge >= 0.3 is 5.97 Å². The summed E-state index contributed by atoms with van der Waals surface area (Å²) in [6, 6.07) is 0. The normalized spacial score (nSPS) is 10.0. The third-order valence-electron chi connectivity index (χ3n) is 1.29. The molecule has 0 aliphatic heterocycles. The van der Waals surface area contributed by atoms with Crippen LogP contribution in [0.4, 0.5) is 0 Å². The van der Waals surface area contributed by atoms with Crippen LogP contribution in [0.3, 0.4) is 0 Å². The van der Waals surface area contributed by atoms with E-state index < -0.39 is 0 Å². The molecule has 0 atom stereocenters. The van der Waals surface area contributed by atoms with Crippen molar-refractivity contribution < 1.29 is 9.53 Å². The second-order valence-electron chi connectivity index (χ2n) is 2.64. The minimum Gasteiger partial charge on any atom is -0.469 e. The minimum atomic E-state index is -0.110. The van der Waals surface area contributed by atoms with Gasteiger partial charge in [-0.2, -0.15) is 0 Å². The van der Waals surface area contributed by atoms with Crippen molar-refractivity contribution in [3.8, 4) is 0 Å². The van der Waals surface area contributed by atoms with Crippen LogP contribution in [-0.2, 0) is 9.53 Å². The highest BCUT2D eigenvalue weighted by Gasteiger charge is 2.00. The van der Waals surface area contributed by atoms with Gasteiger partial charge in [0.05, 0.1) is 7.11 Å². The highest BCUT2D eigenvalue weighted by molar-refractivity contribution is 5.68. The van der Waals surface area contributed by atoms with Crippen LogP contribution in [0.25, 0.3) is 0 Å². The number of carbonyl (C=O) groups is 1. The number of hydrogen-bond acceptors (Lipinski definition) is 2. The van der Waals surface area contributed by atoms with E-state index in [2.05, 4.69) is 18.6 Å². The largest absolute Gasteiger partial charge is 0.469 e. The van der Waals surface area contributed by atoms with E-state index in [1.807, 2.05) is 0 Å². The maximum Gasteiger partial charge on any atom is 0.305 e. The molecule has 2 nitrogen and oxygen atoms in total. The molecule has 0 aromatic carbocycles. The molecule has 0 rings (SSSR count). The molecule has 59 valence electrons. The van der Waals surface area contributed by atoms with Gasteiger partial charge in [0.25, 0.3) is 0 Å². The highest BCUT2D eigenvalue weighted by Crippen LogP contribution is 2.08. The summed E-state index contributed by atoms with van der Waals surface area (Å²) in [5.74, 6) is 1.25. The summed E-state index contributed by atoms with van der Waals surface area (Å²) in [7, 11) is 1.42. The minimum absolute atomic E-state index is 0.110. The quantitative estimate of drug-likeness (QED) is 0.562. The first-order valence-electron chi connectivity index (χ1n) is 3.52. The molecule has 0 saturated carbocycles. The summed E-state index contributed by atoms with van der Waals surface area (Å²) in [6.07, 6.45) is 2.48. The Morgan fingerprint density at radius 3 is 2.30 bits per heavy atom. The molecule has 2 heteroatoms. The Kier molecular flexibility index (Phi) is 4.99. The fourth-order valence-electron chi connectivity index (χ4n) is 0.688. The third kappa shape index (κ3) is 5.60. The van der Waals surface area contributed by atoms with Crippen LogP contribution in [0.1, 0.15) is 33.1 Å². The molecule has 0 saturated heterocycles. The van der Waals surface area contributed by atoms with E-state index in [0.717, 1.165) is 12.8 Å². The SMILES string of the molecule is COC(=O)CCC[C](C)C. The van der Waals surface area contributed by atoms with Gasteiger partial charge in [0.15, 0.2) is 0 Å². The molecule has 0 spiro atoms. The molecule has 0 unspecified atom stereocenters. The molecule has 0 N–H and O–H groups in total. The third-order valence-corrected chi connectivity index (χ3v) is 1.29. The van der Waals surface area contributed by atoms with Crippen LogP contribution < -0.4 is 0 Å². The van der Waals surface area contributed by atoms with Crippen molar-refractivity contribution in [2.24, 2.45) is 0 Å². The fraction of sp³-hybridized carbons (Fsp3) is 0.750. The molecule has 0 heterocycles. The number of ether oxygens (including phenoxy) is 1. The van der Waals surface area contributed by atoms with Gasteiger partial charge in [0.2, 0.25) is 0 Å². The van der Waals surface area contributed by atoms with Crippen LogP contribution in [-0.4, -0.2) is 13.1 Å². The summed E-state index contributed by atoms with van der Waals surface area (Å²) in [4.78, 5) is 10.6. The van der Waals surface area contributed by atoms with Gasteiger partial charge in [-0.15, -0.1) is 0 Å². The van der Waals surface area contributed by atoms with Crippen molar-refractivity contribution in [1.82, 2.24) is 0 Å². The predicted octanol–water partition coefficient (Wildman–Crippen LogP) is 1.94. The molecule has 1 radical (unpaired) electrons. The summed E-state index contributed by atoms with van der Waals surface area (Å²) >= 11 is 0. The van der Waals surface area contributed by atoms with Gasteiger partial charge in [-0.25, -0.2) is 0 Å². The van der Waals surface area contributed by atoms with E-state index in [-0.39, 0.29) is 5.97 Å². The molecule has 0 bridgehead atoms. The molecule has 0 aliphatic carbocycles. The van der Waals surface area contributed by atoms with Crippen LogP contribution in [0.5, 0.6) is 0 Å². The van der Waals surface area contributed by atoms with E-state index in [1.165, 1.54) is 13.0 Å². The van der Waals surface area contributed by atoms with Gasteiger partial charge in [-0.3, -0.25) is 4.79 Å². The Hall–Kier alpha value is -0.530. The monoisotopic (exact) mass is 143 g/mol. The van der Waals surface area contributed by atoms with Crippen molar-refractivity contribution in [3.63, 3.8) is 0 Å². The summed E-state index contributed by atoms with van der Waals surface area (Å²) in [5.41, 5.74) is 0. The molecular formula is C8H15O2. The van der Waals surface area contributed by atoms with E-state index in [1.54, 1.807) is 0 Å². The van der Waals surface area contributed by atoms with E-state index >= 15 is 0 Å². The average Bonchev–Trinajstić information content (AvgIpc) is 1.87. The Morgan fingerprint density at radius 2 is 1.90 bits per heavy atom. The first-order valence-corrected chi connectivity index (χ1v) is 3.52. The predicted molar refractivity (Wildman–Crippen MR) is 40.5 cm³/mol. The smallest absolute Gasteiger partial charge is 0.305 e. The van der Waals surface area contributed by atoms with Gasteiger partial charge in [0, 0.05) is 6.42 Å². The number of carbonyl (C=O) groups excluding carboxylic acids is 1. The maximum atomic E-state index is 10.6. The molecule has 0 aromatic rings. The first-order chi connectivity index (χ1) is 4.66. The highest BCUT2D eigenvalue weighted by atomic mass is 16.5. The Bertz CT molecular complexity index is 97.4. The Morgan fingerprint density at radius 1 is 1.30 bits per heavy atom. The van der Waals surface area contributed by atoms with Gasteiger partial charge < -0.3 is 4.74 Å². The molecule has 0 aliphatic rings. The molecule has 0 fully saturated rings. The zero-order valence-corrected chi connectivity index (χ0v) is 6.94. The summed E-state index contributed by atoms with van der Waals surface area (Å²) < 4.78 is 4.48. The van der Waals surface area contributed by atoms with Gasteiger partial charge in [0.1, 0.15) is 0 Å². The van der Waals surface area contributed by atoms with Crippen LogP contribution >= 0.6 is 0 Å². The van der Waals surface area contributed by atoms with Gasteiger partial charge in [-0.1, -0.05) is 13.8 Å². The lowest BCUT2D eigenvalue weighted by molar-refractivity contribution is -0.140. The fourth-order valence-corrected chi connectivity index (χ4v) is 0.688. The molecule has 0 aromatic heterocycles. The Balaban J connectivity index is 3.12. The number of hydrogen-bond donors (Lipinski definition) is 0. The van der Waals surface area contributed by atoms with Crippen molar-refractivity contribution >= 4 is 5.97 Å². The second-order valence-corrected chi connectivity index (χ2v) is 2.64. The standard InChI is InChI=1S/C8H15O2/c1-7(2)5-4-6-8(9)10-3/h4-6H2,1-3H3. The zero-order chi connectivity index (χ0) is 7.98. The van der Waals surface area contributed by atoms with Crippen LogP contribution in [0.15, 0.2) is 0 Å². The topological polar surface area (TPSA) is 26.3 Å². The summed E-state index contributed by atoms with van der Waals surface area (Å²) in [5, 5.41) is 0. The molecule has 0 amide bonds. The number of rotatable bonds is 4. The van der Waals surface area contributed by atoms with Crippen molar-refractivity contribution in [3.05, 3.63) is 5.92 Å². The molecule has 10 heavy (non-hydrogen) atoms. The Labute approximate surface area is 62.6 Å². The van der Waals surface area contributed by atoms with E-state index in [0.29, 0.717) is 6.42 Å². The lowest BCUT2D eigenvalue weighted by atomic mass is 10.1. The van der Waals surface area contributed by atoms with E-state index in [9.17, 15) is 4.79 Å². The van der Waals surface area contributed by atoms with Gasteiger partial charge in [-0.05, 0) is 18.8 Å². The maximum absolute atomic E-state index is 10.6. The molecular weight excluding hydrogens is 128 g/mol. The summed E-state index contributed by atoms with van der Waals surface area (Å²) in [6.45, 7) is 4.13. The lowest BCUT2D eigenvalue weighted by Crippen LogP contribution is -1.99. The lowest BCUT2D eigenvalue weighted by Gasteiger charge is -2.01. The van der Waals surface area contributed by atoms with Crippen molar-refractivity contribution in [2.45, 2.75) is 33.1 Å². The van der Waals surface area contributed by atoms with Crippen LogP contribution in [0, 0.1) is 5.92 Å². The second kappa shape index (κ2) is 5.27. The first kappa shape index (κ1) is 9.47. The van der Waals surface area contributed by atoms with Crippen LogP contribution in [0.2, 0.25) is 0 Å². The van der Waals surface area contributed by atoms with E-state index in [4.69, 9.17) is 0 Å². The van der Waals surface area contributed by atoms with Crippen molar-refractivity contribution in [1.29, 1.82) is 0 Å². The van der Waals surface area contributed by atoms with Crippen molar-refractivity contribution in [2.75, 3.05) is 7.11 Å². The number of methoxy groups -OCH3 is 1.